The number of nitrogens with one attached hydrogen (secondary N) is 2. The number of fused-ring (bicyclic) bond motifs is 2. The summed E-state index contributed by atoms with van der Waals surface area (Å²) < 4.78 is 5.66. The van der Waals surface area contributed by atoms with Crippen LogP contribution in [0.2, 0.25) is 5.02 Å². The summed E-state index contributed by atoms with van der Waals surface area (Å²) in [6.07, 6.45) is 3.81. The summed E-state index contributed by atoms with van der Waals surface area (Å²) in [4.78, 5) is 40.6. The molecular weight excluding hydrogens is 470 g/mol. The number of aliphatic hydroxyl groups is 1. The van der Waals surface area contributed by atoms with E-state index in [0.717, 1.165) is 49.9 Å². The van der Waals surface area contributed by atoms with Crippen molar-refractivity contribution in [2.45, 2.75) is 38.3 Å². The van der Waals surface area contributed by atoms with Gasteiger partial charge in [-0.1, -0.05) is 23.7 Å². The van der Waals surface area contributed by atoms with Crippen LogP contribution < -0.4 is 21.2 Å². The zero-order valence-electron chi connectivity index (χ0n) is 19.1. The highest BCUT2D eigenvalue weighted by atomic mass is 35.5. The molecule has 0 aliphatic carbocycles. The molecule has 2 amide bonds. The van der Waals surface area contributed by atoms with Crippen LogP contribution in [0.15, 0.2) is 45.6 Å². The van der Waals surface area contributed by atoms with Crippen molar-refractivity contribution in [1.82, 2.24) is 10.6 Å². The van der Waals surface area contributed by atoms with Crippen LogP contribution in [0.4, 0.5) is 5.69 Å². The summed E-state index contributed by atoms with van der Waals surface area (Å²) in [7, 11) is 0. The van der Waals surface area contributed by atoms with Crippen molar-refractivity contribution in [2.24, 2.45) is 0 Å². The van der Waals surface area contributed by atoms with Gasteiger partial charge in [-0.25, -0.2) is 4.79 Å². The summed E-state index contributed by atoms with van der Waals surface area (Å²) in [5.41, 5.74) is 3.78. The van der Waals surface area contributed by atoms with E-state index in [0.29, 0.717) is 16.0 Å². The fourth-order valence-corrected chi connectivity index (χ4v) is 5.07. The largest absolute Gasteiger partial charge is 0.422 e. The van der Waals surface area contributed by atoms with Crippen molar-refractivity contribution < 1.29 is 19.1 Å². The van der Waals surface area contributed by atoms with E-state index in [1.54, 1.807) is 24.3 Å². The third-order valence-electron chi connectivity index (χ3n) is 6.64. The minimum atomic E-state index is -1.22. The normalized spacial score (nSPS) is 15.4. The van der Waals surface area contributed by atoms with Gasteiger partial charge in [-0.05, 0) is 61.1 Å². The van der Waals surface area contributed by atoms with Crippen LogP contribution >= 0.6 is 11.6 Å². The van der Waals surface area contributed by atoms with Crippen LogP contribution in [0, 0.1) is 0 Å². The SMILES string of the molecule is O=C(N[C@@H](CO)C(=O)NCc1ccc(Cl)cc1)c1cc2cc3c4c(c2oc1=O)CCCN4CCC3. The molecule has 0 saturated carbocycles. The molecule has 0 saturated heterocycles. The van der Waals surface area contributed by atoms with Crippen LogP contribution in [-0.4, -0.2) is 42.7 Å². The number of halogens is 1. The lowest BCUT2D eigenvalue weighted by Gasteiger charge is -2.37. The molecule has 2 aliphatic heterocycles. The Morgan fingerprint density at radius 3 is 2.60 bits per heavy atom. The van der Waals surface area contributed by atoms with Gasteiger partial charge in [0.25, 0.3) is 5.91 Å². The molecule has 5 rings (SSSR count). The quantitative estimate of drug-likeness (QED) is 0.453. The van der Waals surface area contributed by atoms with Gasteiger partial charge in [0.15, 0.2) is 0 Å². The molecule has 3 heterocycles. The highest BCUT2D eigenvalue weighted by Crippen LogP contribution is 2.39. The first-order valence-corrected chi connectivity index (χ1v) is 12.1. The first-order valence-electron chi connectivity index (χ1n) is 11.8. The van der Waals surface area contributed by atoms with Crippen LogP contribution in [-0.2, 0) is 24.2 Å². The first-order chi connectivity index (χ1) is 16.9. The number of nitrogens with zero attached hydrogens (tertiary/aromatic N) is 1. The van der Waals surface area contributed by atoms with Crippen LogP contribution in [0.1, 0.15) is 39.9 Å². The number of carbonyl (C=O) groups excluding carboxylic acids is 2. The third kappa shape index (κ3) is 4.63. The van der Waals surface area contributed by atoms with E-state index >= 15 is 0 Å². The van der Waals surface area contributed by atoms with Gasteiger partial charge >= 0.3 is 5.63 Å². The second-order valence-electron chi connectivity index (χ2n) is 8.98. The summed E-state index contributed by atoms with van der Waals surface area (Å²) in [5, 5.41) is 16.1. The smallest absolute Gasteiger partial charge is 0.349 e. The molecule has 9 heteroatoms. The lowest BCUT2D eigenvalue weighted by atomic mass is 9.90. The van der Waals surface area contributed by atoms with Crippen molar-refractivity contribution in [3.8, 4) is 0 Å². The molecular formula is C26H26ClN3O5. The minimum absolute atomic E-state index is 0.197. The Bertz CT molecular complexity index is 1350. The lowest BCUT2D eigenvalue weighted by Crippen LogP contribution is -2.49. The second kappa shape index (κ2) is 9.71. The predicted octanol–water partition coefficient (Wildman–Crippen LogP) is 2.55. The van der Waals surface area contributed by atoms with E-state index in [9.17, 15) is 19.5 Å². The number of aliphatic hydroxyl groups excluding tert-OH is 1. The van der Waals surface area contributed by atoms with Crippen molar-refractivity contribution in [3.63, 3.8) is 0 Å². The molecule has 3 N–H and O–H groups in total. The number of amides is 2. The molecule has 1 aromatic heterocycles. The fraction of sp³-hybridized carbons (Fsp3) is 0.346. The Hall–Kier alpha value is -3.36. The molecule has 0 fully saturated rings. The number of aryl methyl sites for hydroxylation is 2. The Morgan fingerprint density at radius 2 is 1.86 bits per heavy atom. The maximum absolute atomic E-state index is 12.9. The second-order valence-corrected chi connectivity index (χ2v) is 9.41. The van der Waals surface area contributed by atoms with E-state index < -0.39 is 30.1 Å². The maximum Gasteiger partial charge on any atom is 0.349 e. The van der Waals surface area contributed by atoms with Gasteiger partial charge in [-0.3, -0.25) is 9.59 Å². The topological polar surface area (TPSA) is 112 Å². The number of carbonyl (C=O) groups is 2. The van der Waals surface area contributed by atoms with Gasteiger partial charge in [0.2, 0.25) is 5.91 Å². The molecule has 3 aromatic rings. The maximum atomic E-state index is 12.9. The Balaban J connectivity index is 1.36. The Kier molecular flexibility index (Phi) is 6.49. The van der Waals surface area contributed by atoms with Gasteiger partial charge in [0, 0.05) is 41.3 Å². The molecule has 0 bridgehead atoms. The number of benzene rings is 2. The van der Waals surface area contributed by atoms with Gasteiger partial charge in [0.05, 0.1) is 6.61 Å². The number of rotatable bonds is 6. The summed E-state index contributed by atoms with van der Waals surface area (Å²) in [5.74, 6) is -1.34. The summed E-state index contributed by atoms with van der Waals surface area (Å²) in [6.45, 7) is 1.58. The molecule has 2 aliphatic rings. The molecule has 2 aromatic carbocycles. The summed E-state index contributed by atoms with van der Waals surface area (Å²) in [6, 6.07) is 9.24. The van der Waals surface area contributed by atoms with E-state index in [-0.39, 0.29) is 12.1 Å². The molecule has 0 radical (unpaired) electrons. The summed E-state index contributed by atoms with van der Waals surface area (Å²) >= 11 is 5.87. The lowest BCUT2D eigenvalue weighted by molar-refractivity contribution is -0.124. The third-order valence-corrected chi connectivity index (χ3v) is 6.90. The average Bonchev–Trinajstić information content (AvgIpc) is 2.87. The minimum Gasteiger partial charge on any atom is -0.422 e. The van der Waals surface area contributed by atoms with E-state index in [1.165, 1.54) is 17.3 Å². The van der Waals surface area contributed by atoms with Crippen molar-refractivity contribution >= 4 is 40.1 Å². The van der Waals surface area contributed by atoms with Crippen LogP contribution in [0.5, 0.6) is 0 Å². The van der Waals surface area contributed by atoms with Crippen LogP contribution in [0.25, 0.3) is 11.0 Å². The number of hydrogen-bond donors (Lipinski definition) is 3. The molecule has 182 valence electrons. The van der Waals surface area contributed by atoms with E-state index in [2.05, 4.69) is 15.5 Å². The van der Waals surface area contributed by atoms with Gasteiger partial charge in [0.1, 0.15) is 17.2 Å². The monoisotopic (exact) mass is 495 g/mol. The standard InChI is InChI=1S/C26H26ClN3O5/c27-18-7-5-15(6-8-18)13-28-25(33)21(14-31)29-24(32)20-12-17-11-16-3-1-9-30-10-2-4-19(22(16)30)23(17)35-26(20)34/h5-8,11-12,21,31H,1-4,9-10,13-14H2,(H,28,33)(H,29,32)/t21-/m0/s1. The zero-order valence-corrected chi connectivity index (χ0v) is 19.9. The van der Waals surface area contributed by atoms with Crippen molar-refractivity contribution in [1.29, 1.82) is 0 Å². The molecule has 1 atom stereocenters. The Morgan fingerprint density at radius 1 is 1.11 bits per heavy atom. The first kappa shape index (κ1) is 23.4. The van der Waals surface area contributed by atoms with Gasteiger partial charge < -0.3 is 25.1 Å². The van der Waals surface area contributed by atoms with Gasteiger partial charge in [-0.2, -0.15) is 0 Å². The van der Waals surface area contributed by atoms with Gasteiger partial charge in [-0.15, -0.1) is 0 Å². The average molecular weight is 496 g/mol. The Labute approximate surface area is 206 Å². The fourth-order valence-electron chi connectivity index (χ4n) is 4.95. The number of hydrogen-bond acceptors (Lipinski definition) is 6. The van der Waals surface area contributed by atoms with Crippen molar-refractivity contribution in [3.05, 3.63) is 74.1 Å². The molecule has 8 nitrogen and oxygen atoms in total. The molecule has 35 heavy (non-hydrogen) atoms. The van der Waals surface area contributed by atoms with E-state index in [1.807, 2.05) is 6.07 Å². The van der Waals surface area contributed by atoms with E-state index in [4.69, 9.17) is 16.0 Å². The van der Waals surface area contributed by atoms with Crippen LogP contribution in [0.3, 0.4) is 0 Å². The highest BCUT2D eigenvalue weighted by Gasteiger charge is 2.28. The van der Waals surface area contributed by atoms with Crippen molar-refractivity contribution in [2.75, 3.05) is 24.6 Å². The predicted molar refractivity (Wildman–Crippen MR) is 133 cm³/mol. The zero-order chi connectivity index (χ0) is 24.5. The molecule has 0 unspecified atom stereocenters. The molecule has 0 spiro atoms. The highest BCUT2D eigenvalue weighted by molar-refractivity contribution is 6.30. The number of anilines is 1.